The van der Waals surface area contributed by atoms with E-state index in [0.717, 1.165) is 21.7 Å². The Bertz CT molecular complexity index is 1120. The Hall–Kier alpha value is -2.83. The zero-order valence-corrected chi connectivity index (χ0v) is 16.4. The second-order valence-corrected chi connectivity index (χ2v) is 7.48. The van der Waals surface area contributed by atoms with E-state index in [4.69, 9.17) is 4.74 Å². The number of aromatic amines is 1. The smallest absolute Gasteiger partial charge is 0.274 e. The molecule has 0 spiro atoms. The zero-order valence-electron chi connectivity index (χ0n) is 15.6. The van der Waals surface area contributed by atoms with Gasteiger partial charge in [0, 0.05) is 40.1 Å². The molecule has 0 fully saturated rings. The van der Waals surface area contributed by atoms with Crippen LogP contribution in [0.4, 0.5) is 0 Å². The molecule has 142 valence electrons. The molecule has 0 radical (unpaired) electrons. The molecule has 0 unspecified atom stereocenters. The van der Waals surface area contributed by atoms with Gasteiger partial charge in [-0.15, -0.1) is 0 Å². The van der Waals surface area contributed by atoms with Crippen LogP contribution in [0.3, 0.4) is 0 Å². The van der Waals surface area contributed by atoms with Crippen molar-refractivity contribution in [1.82, 2.24) is 14.6 Å². The number of nitrogens with zero attached hydrogens (tertiary/aromatic N) is 2. The number of nitrogens with one attached hydrogen (secondary N) is 1. The Morgan fingerprint density at radius 2 is 1.82 bits per heavy atom. The molecule has 0 aliphatic carbocycles. The van der Waals surface area contributed by atoms with Gasteiger partial charge in [0.2, 0.25) is 0 Å². The average Bonchev–Trinajstić information content (AvgIpc) is 3.14. The van der Waals surface area contributed by atoms with Gasteiger partial charge in [-0.25, -0.2) is 0 Å². The fourth-order valence-electron chi connectivity index (χ4n) is 3.03. The summed E-state index contributed by atoms with van der Waals surface area (Å²) in [6, 6.07) is 20.2. The normalized spacial score (nSPS) is 11.2. The number of benzene rings is 2. The third kappa shape index (κ3) is 4.03. The first kappa shape index (κ1) is 18.5. The van der Waals surface area contributed by atoms with Gasteiger partial charge in [-0.05, 0) is 36.8 Å². The number of aromatic nitrogens is 3. The SMILES string of the molecule is CCOCCc1cc(=O)n2ncc(-c3ccc(Sc4ccccc4)cc3)c2[nH]1. The number of hydrogen-bond donors (Lipinski definition) is 1. The minimum absolute atomic E-state index is 0.136. The quantitative estimate of drug-likeness (QED) is 0.474. The standard InChI is InChI=1S/C22H21N3O2S/c1-2-27-13-12-17-14-21(26)25-22(24-17)20(15-23-25)16-8-10-19(11-9-16)28-18-6-4-3-5-7-18/h3-11,14-15,24H,2,12-13H2,1H3. The Balaban J connectivity index is 1.62. The molecule has 0 saturated heterocycles. The molecular formula is C22H21N3O2S. The van der Waals surface area contributed by atoms with E-state index in [1.54, 1.807) is 24.0 Å². The number of rotatable bonds is 7. The molecule has 0 aliphatic heterocycles. The Kier molecular flexibility index (Phi) is 5.60. The van der Waals surface area contributed by atoms with Gasteiger partial charge >= 0.3 is 0 Å². The second-order valence-electron chi connectivity index (χ2n) is 6.34. The number of H-pyrrole nitrogens is 1. The third-order valence-corrected chi connectivity index (χ3v) is 5.43. The first-order chi connectivity index (χ1) is 13.7. The van der Waals surface area contributed by atoms with Crippen molar-refractivity contribution in [2.45, 2.75) is 23.1 Å². The highest BCUT2D eigenvalue weighted by atomic mass is 32.2. The Morgan fingerprint density at radius 3 is 2.57 bits per heavy atom. The van der Waals surface area contributed by atoms with Crippen LogP contribution in [0.15, 0.2) is 81.4 Å². The van der Waals surface area contributed by atoms with Crippen molar-refractivity contribution in [1.29, 1.82) is 0 Å². The van der Waals surface area contributed by atoms with E-state index in [0.29, 0.717) is 25.3 Å². The van der Waals surface area contributed by atoms with E-state index in [9.17, 15) is 4.79 Å². The highest BCUT2D eigenvalue weighted by molar-refractivity contribution is 7.99. The Labute approximate surface area is 167 Å². The minimum atomic E-state index is -0.136. The van der Waals surface area contributed by atoms with Crippen molar-refractivity contribution < 1.29 is 4.74 Å². The lowest BCUT2D eigenvalue weighted by Gasteiger charge is -2.06. The van der Waals surface area contributed by atoms with E-state index in [-0.39, 0.29) is 5.56 Å². The molecule has 0 saturated carbocycles. The summed E-state index contributed by atoms with van der Waals surface area (Å²) < 4.78 is 6.81. The molecule has 6 heteroatoms. The molecule has 5 nitrogen and oxygen atoms in total. The van der Waals surface area contributed by atoms with Crippen molar-refractivity contribution in [2.24, 2.45) is 0 Å². The Morgan fingerprint density at radius 1 is 1.07 bits per heavy atom. The summed E-state index contributed by atoms with van der Waals surface area (Å²) in [7, 11) is 0. The van der Waals surface area contributed by atoms with E-state index in [2.05, 4.69) is 46.5 Å². The van der Waals surface area contributed by atoms with Crippen LogP contribution in [0.1, 0.15) is 12.6 Å². The fourth-order valence-corrected chi connectivity index (χ4v) is 3.87. The molecule has 2 aromatic carbocycles. The summed E-state index contributed by atoms with van der Waals surface area (Å²) in [4.78, 5) is 18.1. The maximum absolute atomic E-state index is 12.4. The average molecular weight is 391 g/mol. The van der Waals surface area contributed by atoms with Crippen LogP contribution in [-0.4, -0.2) is 27.8 Å². The van der Waals surface area contributed by atoms with Crippen molar-refractivity contribution in [3.8, 4) is 11.1 Å². The van der Waals surface area contributed by atoms with Gasteiger partial charge in [-0.1, -0.05) is 42.1 Å². The molecule has 0 bridgehead atoms. The van der Waals surface area contributed by atoms with Crippen LogP contribution in [0.25, 0.3) is 16.8 Å². The van der Waals surface area contributed by atoms with Crippen molar-refractivity contribution in [3.63, 3.8) is 0 Å². The maximum Gasteiger partial charge on any atom is 0.274 e. The van der Waals surface area contributed by atoms with Crippen LogP contribution in [0, 0.1) is 0 Å². The van der Waals surface area contributed by atoms with Crippen LogP contribution >= 0.6 is 11.8 Å². The van der Waals surface area contributed by atoms with Gasteiger partial charge in [0.25, 0.3) is 5.56 Å². The highest BCUT2D eigenvalue weighted by Gasteiger charge is 2.11. The molecule has 4 aromatic rings. The van der Waals surface area contributed by atoms with E-state index in [1.165, 1.54) is 9.41 Å². The van der Waals surface area contributed by atoms with Gasteiger partial charge in [0.1, 0.15) is 5.65 Å². The molecule has 1 N–H and O–H groups in total. The summed E-state index contributed by atoms with van der Waals surface area (Å²) in [5.41, 5.74) is 3.35. The first-order valence-corrected chi connectivity index (χ1v) is 10.1. The first-order valence-electron chi connectivity index (χ1n) is 9.25. The molecular weight excluding hydrogens is 370 g/mol. The van der Waals surface area contributed by atoms with Crippen LogP contribution in [0.5, 0.6) is 0 Å². The summed E-state index contributed by atoms with van der Waals surface area (Å²) in [5, 5.41) is 4.26. The fraction of sp³-hybridized carbons (Fsp3) is 0.182. The molecule has 0 aliphatic rings. The monoisotopic (exact) mass is 391 g/mol. The second kappa shape index (κ2) is 8.46. The molecule has 2 heterocycles. The zero-order chi connectivity index (χ0) is 19.3. The van der Waals surface area contributed by atoms with Crippen molar-refractivity contribution in [2.75, 3.05) is 13.2 Å². The van der Waals surface area contributed by atoms with Gasteiger partial charge in [-0.3, -0.25) is 4.79 Å². The number of fused-ring (bicyclic) bond motifs is 1. The molecule has 0 atom stereocenters. The topological polar surface area (TPSA) is 59.4 Å². The van der Waals surface area contributed by atoms with Crippen LogP contribution < -0.4 is 5.56 Å². The van der Waals surface area contributed by atoms with Gasteiger partial charge in [0.15, 0.2) is 0 Å². The molecule has 2 aromatic heterocycles. The third-order valence-electron chi connectivity index (χ3n) is 4.42. The predicted molar refractivity (Wildman–Crippen MR) is 112 cm³/mol. The van der Waals surface area contributed by atoms with Gasteiger partial charge in [0.05, 0.1) is 12.8 Å². The van der Waals surface area contributed by atoms with Crippen LogP contribution in [0.2, 0.25) is 0 Å². The predicted octanol–water partition coefficient (Wildman–Crippen LogP) is 4.42. The lowest BCUT2D eigenvalue weighted by atomic mass is 10.1. The highest BCUT2D eigenvalue weighted by Crippen LogP contribution is 2.30. The van der Waals surface area contributed by atoms with Crippen LogP contribution in [-0.2, 0) is 11.2 Å². The van der Waals surface area contributed by atoms with Gasteiger partial charge < -0.3 is 9.72 Å². The summed E-state index contributed by atoms with van der Waals surface area (Å²) >= 11 is 1.72. The molecule has 4 rings (SSSR count). The van der Waals surface area contributed by atoms with E-state index < -0.39 is 0 Å². The minimum Gasteiger partial charge on any atom is -0.381 e. The molecule has 28 heavy (non-hydrogen) atoms. The van der Waals surface area contributed by atoms with Gasteiger partial charge in [-0.2, -0.15) is 9.61 Å². The van der Waals surface area contributed by atoms with Crippen molar-refractivity contribution in [3.05, 3.63) is 82.9 Å². The lowest BCUT2D eigenvalue weighted by Crippen LogP contribution is -2.16. The van der Waals surface area contributed by atoms with E-state index >= 15 is 0 Å². The summed E-state index contributed by atoms with van der Waals surface area (Å²) in [6.07, 6.45) is 2.40. The number of ether oxygens (including phenoxy) is 1. The lowest BCUT2D eigenvalue weighted by molar-refractivity contribution is 0.150. The van der Waals surface area contributed by atoms with E-state index in [1.807, 2.05) is 25.1 Å². The summed E-state index contributed by atoms with van der Waals surface area (Å²) in [6.45, 7) is 3.20. The largest absolute Gasteiger partial charge is 0.381 e. The summed E-state index contributed by atoms with van der Waals surface area (Å²) in [5.74, 6) is 0. The number of hydrogen-bond acceptors (Lipinski definition) is 4. The van der Waals surface area contributed by atoms with Crippen molar-refractivity contribution >= 4 is 17.4 Å². The maximum atomic E-state index is 12.4. The molecule has 0 amide bonds.